The number of hydrogen-bond donors (Lipinski definition) is 1. The fraction of sp³-hybridized carbons (Fsp3) is 0.316. The zero-order valence-electron chi connectivity index (χ0n) is 12.8. The molecule has 2 aromatic carbocycles. The highest BCUT2D eigenvalue weighted by molar-refractivity contribution is 5.76. The van der Waals surface area contributed by atoms with Gasteiger partial charge in [0.05, 0.1) is 5.92 Å². The van der Waals surface area contributed by atoms with Gasteiger partial charge >= 0.3 is 5.97 Å². The van der Waals surface area contributed by atoms with Gasteiger partial charge in [0.25, 0.3) is 0 Å². The molecule has 2 aliphatic heterocycles. The highest BCUT2D eigenvalue weighted by Gasteiger charge is 2.50. The predicted octanol–water partition coefficient (Wildman–Crippen LogP) is 2.74. The Bertz CT molecular complexity index is 698. The molecule has 0 spiro atoms. The molecule has 0 aromatic heterocycles. The first-order chi connectivity index (χ1) is 11.2. The smallest absolute Gasteiger partial charge is 0.311 e. The normalized spacial score (nSPS) is 27.0. The SMILES string of the molecule is O=C1O[C@@H](c2ccc(O)cc2)[C@@H]2CN(Cc3ccccc3)C[C@H]12. The number of esters is 1. The van der Waals surface area contributed by atoms with E-state index in [1.54, 1.807) is 12.1 Å². The fourth-order valence-electron chi connectivity index (χ4n) is 3.72. The van der Waals surface area contributed by atoms with E-state index in [1.807, 2.05) is 30.3 Å². The Morgan fingerprint density at radius 1 is 1.04 bits per heavy atom. The molecule has 118 valence electrons. The molecule has 23 heavy (non-hydrogen) atoms. The third-order valence-electron chi connectivity index (χ3n) is 4.85. The maximum atomic E-state index is 12.2. The van der Waals surface area contributed by atoms with Crippen LogP contribution in [0.1, 0.15) is 17.2 Å². The summed E-state index contributed by atoms with van der Waals surface area (Å²) in [5, 5.41) is 9.43. The molecule has 2 saturated heterocycles. The number of carbonyl (C=O) groups excluding carboxylic acids is 1. The third kappa shape index (κ3) is 2.70. The third-order valence-corrected chi connectivity index (χ3v) is 4.85. The van der Waals surface area contributed by atoms with Crippen LogP contribution in [-0.4, -0.2) is 29.1 Å². The van der Waals surface area contributed by atoms with E-state index in [0.29, 0.717) is 0 Å². The van der Waals surface area contributed by atoms with Gasteiger partial charge in [0.2, 0.25) is 0 Å². The van der Waals surface area contributed by atoms with E-state index in [1.165, 1.54) is 5.56 Å². The predicted molar refractivity (Wildman–Crippen MR) is 85.6 cm³/mol. The van der Waals surface area contributed by atoms with Crippen molar-refractivity contribution in [1.29, 1.82) is 0 Å². The van der Waals surface area contributed by atoms with Crippen LogP contribution in [0.4, 0.5) is 0 Å². The van der Waals surface area contributed by atoms with E-state index in [2.05, 4.69) is 17.0 Å². The van der Waals surface area contributed by atoms with Crippen LogP contribution in [0.5, 0.6) is 5.75 Å². The van der Waals surface area contributed by atoms with E-state index in [0.717, 1.165) is 25.2 Å². The molecule has 0 amide bonds. The number of hydrogen-bond acceptors (Lipinski definition) is 4. The largest absolute Gasteiger partial charge is 0.508 e. The summed E-state index contributed by atoms with van der Waals surface area (Å²) in [6, 6.07) is 17.3. The molecule has 2 heterocycles. The number of benzene rings is 2. The number of phenolic OH excluding ortho intramolecular Hbond substituents is 1. The first kappa shape index (κ1) is 14.3. The standard InChI is InChI=1S/C19H19NO3/c21-15-8-6-14(7-9-15)18-16-11-20(12-17(16)19(22)23-18)10-13-4-2-1-3-5-13/h1-9,16-18,21H,10-12H2/t16-,17+,18+/m1/s1. The molecule has 2 aliphatic rings. The molecule has 4 rings (SSSR count). The highest BCUT2D eigenvalue weighted by Crippen LogP contribution is 2.44. The molecule has 2 fully saturated rings. The molecule has 4 nitrogen and oxygen atoms in total. The summed E-state index contributed by atoms with van der Waals surface area (Å²) in [6.07, 6.45) is -0.200. The quantitative estimate of drug-likeness (QED) is 0.886. The number of ether oxygens (including phenoxy) is 1. The van der Waals surface area contributed by atoms with Gasteiger partial charge in [0.15, 0.2) is 0 Å². The van der Waals surface area contributed by atoms with Gasteiger partial charge in [0.1, 0.15) is 11.9 Å². The van der Waals surface area contributed by atoms with Crippen molar-refractivity contribution in [2.75, 3.05) is 13.1 Å². The average molecular weight is 309 g/mol. The lowest BCUT2D eigenvalue weighted by molar-refractivity contribution is -0.145. The van der Waals surface area contributed by atoms with Gasteiger partial charge < -0.3 is 9.84 Å². The van der Waals surface area contributed by atoms with Crippen molar-refractivity contribution >= 4 is 5.97 Å². The van der Waals surface area contributed by atoms with Crippen LogP contribution in [0, 0.1) is 11.8 Å². The summed E-state index contributed by atoms with van der Waals surface area (Å²) in [5.41, 5.74) is 2.23. The zero-order chi connectivity index (χ0) is 15.8. The average Bonchev–Trinajstić information content (AvgIpc) is 3.10. The van der Waals surface area contributed by atoms with Crippen molar-refractivity contribution in [2.45, 2.75) is 12.6 Å². The van der Waals surface area contributed by atoms with Crippen LogP contribution in [-0.2, 0) is 16.1 Å². The van der Waals surface area contributed by atoms with Crippen LogP contribution in [0.15, 0.2) is 54.6 Å². The molecule has 0 radical (unpaired) electrons. The van der Waals surface area contributed by atoms with Gasteiger partial charge in [-0.05, 0) is 23.3 Å². The number of rotatable bonds is 3. The van der Waals surface area contributed by atoms with Gasteiger partial charge in [-0.1, -0.05) is 42.5 Å². The molecular formula is C19H19NO3. The van der Waals surface area contributed by atoms with Gasteiger partial charge in [0, 0.05) is 25.6 Å². The summed E-state index contributed by atoms with van der Waals surface area (Å²) >= 11 is 0. The summed E-state index contributed by atoms with van der Waals surface area (Å²) < 4.78 is 5.61. The van der Waals surface area contributed by atoms with Crippen LogP contribution < -0.4 is 0 Å². The molecular weight excluding hydrogens is 290 g/mol. The number of nitrogens with zero attached hydrogens (tertiary/aromatic N) is 1. The van der Waals surface area contributed by atoms with E-state index in [9.17, 15) is 9.90 Å². The summed E-state index contributed by atoms with van der Waals surface area (Å²) in [7, 11) is 0. The Hall–Kier alpha value is -2.33. The first-order valence-corrected chi connectivity index (χ1v) is 7.96. The second kappa shape index (κ2) is 5.70. The van der Waals surface area contributed by atoms with Crippen molar-refractivity contribution < 1.29 is 14.6 Å². The number of aromatic hydroxyl groups is 1. The molecule has 0 aliphatic carbocycles. The summed E-state index contributed by atoms with van der Waals surface area (Å²) in [5.74, 6) is 0.281. The van der Waals surface area contributed by atoms with Gasteiger partial charge in [-0.3, -0.25) is 9.69 Å². The summed E-state index contributed by atoms with van der Waals surface area (Å²) in [6.45, 7) is 2.48. The van der Waals surface area contributed by atoms with Crippen LogP contribution in [0.25, 0.3) is 0 Å². The first-order valence-electron chi connectivity index (χ1n) is 7.96. The molecule has 2 aromatic rings. The molecule has 0 bridgehead atoms. The van der Waals surface area contributed by atoms with Gasteiger partial charge in [-0.15, -0.1) is 0 Å². The topological polar surface area (TPSA) is 49.8 Å². The lowest BCUT2D eigenvalue weighted by atomic mass is 9.90. The lowest BCUT2D eigenvalue weighted by Gasteiger charge is -2.20. The minimum atomic E-state index is -0.200. The Morgan fingerprint density at radius 3 is 2.52 bits per heavy atom. The number of likely N-dealkylation sites (tertiary alicyclic amines) is 1. The molecule has 0 unspecified atom stereocenters. The maximum Gasteiger partial charge on any atom is 0.311 e. The van der Waals surface area contributed by atoms with E-state index >= 15 is 0 Å². The van der Waals surface area contributed by atoms with Crippen molar-refractivity contribution in [3.63, 3.8) is 0 Å². The molecule has 4 heteroatoms. The Labute approximate surface area is 135 Å². The Morgan fingerprint density at radius 2 is 1.78 bits per heavy atom. The second-order valence-electron chi connectivity index (χ2n) is 6.40. The maximum absolute atomic E-state index is 12.2. The minimum Gasteiger partial charge on any atom is -0.508 e. The van der Waals surface area contributed by atoms with Crippen molar-refractivity contribution in [3.05, 3.63) is 65.7 Å². The van der Waals surface area contributed by atoms with Crippen molar-refractivity contribution in [2.24, 2.45) is 11.8 Å². The Balaban J connectivity index is 1.51. The summed E-state index contributed by atoms with van der Waals surface area (Å²) in [4.78, 5) is 14.5. The molecule has 3 atom stereocenters. The van der Waals surface area contributed by atoms with Crippen LogP contribution in [0.3, 0.4) is 0 Å². The van der Waals surface area contributed by atoms with E-state index in [-0.39, 0.29) is 29.7 Å². The number of phenols is 1. The van der Waals surface area contributed by atoms with Crippen molar-refractivity contribution in [3.8, 4) is 5.75 Å². The minimum absolute atomic E-state index is 0.0440. The number of cyclic esters (lactones) is 1. The Kier molecular flexibility index (Phi) is 3.54. The van der Waals surface area contributed by atoms with E-state index < -0.39 is 0 Å². The number of fused-ring (bicyclic) bond motifs is 1. The highest BCUT2D eigenvalue weighted by atomic mass is 16.6. The lowest BCUT2D eigenvalue weighted by Crippen LogP contribution is -2.24. The molecule has 1 N–H and O–H groups in total. The zero-order valence-corrected chi connectivity index (χ0v) is 12.8. The van der Waals surface area contributed by atoms with E-state index in [4.69, 9.17) is 4.74 Å². The van der Waals surface area contributed by atoms with Gasteiger partial charge in [-0.25, -0.2) is 0 Å². The van der Waals surface area contributed by atoms with Crippen LogP contribution >= 0.6 is 0 Å². The van der Waals surface area contributed by atoms with Gasteiger partial charge in [-0.2, -0.15) is 0 Å². The second-order valence-corrected chi connectivity index (χ2v) is 6.40. The van der Waals surface area contributed by atoms with Crippen molar-refractivity contribution in [1.82, 2.24) is 4.90 Å². The fourth-order valence-corrected chi connectivity index (χ4v) is 3.72. The molecule has 0 saturated carbocycles. The number of carbonyl (C=O) groups is 1. The monoisotopic (exact) mass is 309 g/mol. The van der Waals surface area contributed by atoms with Crippen LogP contribution in [0.2, 0.25) is 0 Å².